The Hall–Kier alpha value is -1.44. The highest BCUT2D eigenvalue weighted by atomic mass is 32.2. The highest BCUT2D eigenvalue weighted by Crippen LogP contribution is 2.24. The largest absolute Gasteiger partial charge is 0.383 e. The Morgan fingerprint density at radius 1 is 1.38 bits per heavy atom. The molecule has 1 N–H and O–H groups in total. The van der Waals surface area contributed by atoms with Crippen LogP contribution in [0, 0.1) is 12.8 Å². The Bertz CT molecular complexity index is 658. The fourth-order valence-electron chi connectivity index (χ4n) is 2.89. The zero-order valence-corrected chi connectivity index (χ0v) is 15.3. The molecule has 1 aliphatic rings. The van der Waals surface area contributed by atoms with Gasteiger partial charge in [0.25, 0.3) is 0 Å². The number of carbonyl (C=O) groups is 1. The van der Waals surface area contributed by atoms with Crippen LogP contribution in [0.15, 0.2) is 29.2 Å². The quantitative estimate of drug-likeness (QED) is 0.841. The number of methoxy groups -OCH3 is 1. The third-order valence-electron chi connectivity index (χ3n) is 4.22. The van der Waals surface area contributed by atoms with Gasteiger partial charge in [0.1, 0.15) is 0 Å². The van der Waals surface area contributed by atoms with Crippen LogP contribution in [0.1, 0.15) is 25.3 Å². The van der Waals surface area contributed by atoms with E-state index in [1.807, 2.05) is 13.8 Å². The number of benzene rings is 1. The maximum atomic E-state index is 12.8. The predicted octanol–water partition coefficient (Wildman–Crippen LogP) is 1.55. The van der Waals surface area contributed by atoms with Gasteiger partial charge < -0.3 is 10.1 Å². The number of hydrogen-bond acceptors (Lipinski definition) is 4. The van der Waals surface area contributed by atoms with E-state index in [0.717, 1.165) is 5.56 Å². The number of aryl methyl sites for hydroxylation is 1. The molecule has 2 atom stereocenters. The zero-order valence-electron chi connectivity index (χ0n) is 14.5. The first-order valence-corrected chi connectivity index (χ1v) is 9.64. The van der Waals surface area contributed by atoms with Gasteiger partial charge in [-0.25, -0.2) is 8.42 Å². The summed E-state index contributed by atoms with van der Waals surface area (Å²) in [5, 5.41) is 2.88. The van der Waals surface area contributed by atoms with Crippen molar-refractivity contribution in [2.75, 3.05) is 26.8 Å². The van der Waals surface area contributed by atoms with Crippen molar-refractivity contribution < 1.29 is 17.9 Å². The molecule has 1 heterocycles. The van der Waals surface area contributed by atoms with Gasteiger partial charge >= 0.3 is 0 Å². The zero-order chi connectivity index (χ0) is 17.7. The first kappa shape index (κ1) is 18.9. The fraction of sp³-hybridized carbons (Fsp3) is 0.588. The molecule has 0 bridgehead atoms. The van der Waals surface area contributed by atoms with E-state index < -0.39 is 10.0 Å². The Morgan fingerprint density at radius 3 is 2.67 bits per heavy atom. The first-order chi connectivity index (χ1) is 11.3. The molecular formula is C17H26N2O4S. The Balaban J connectivity index is 2.07. The lowest BCUT2D eigenvalue weighted by atomic mass is 9.98. The SMILES string of the molecule is COC[C@@H](C)NC(=O)[C@@H]1CCCN(S(=O)(=O)c2ccc(C)cc2)C1. The van der Waals surface area contributed by atoms with E-state index in [2.05, 4.69) is 5.32 Å². The van der Waals surface area contributed by atoms with Crippen LogP contribution in [0.4, 0.5) is 0 Å². The van der Waals surface area contributed by atoms with Gasteiger partial charge in [0.05, 0.1) is 17.4 Å². The second kappa shape index (κ2) is 8.09. The van der Waals surface area contributed by atoms with E-state index in [-0.39, 0.29) is 29.3 Å². The van der Waals surface area contributed by atoms with Crippen molar-refractivity contribution >= 4 is 15.9 Å². The molecule has 1 amide bonds. The topological polar surface area (TPSA) is 75.7 Å². The van der Waals surface area contributed by atoms with Gasteiger partial charge in [0.2, 0.25) is 15.9 Å². The molecule has 1 saturated heterocycles. The van der Waals surface area contributed by atoms with Gasteiger partial charge in [-0.2, -0.15) is 4.31 Å². The van der Waals surface area contributed by atoms with E-state index in [1.165, 1.54) is 4.31 Å². The number of rotatable bonds is 6. The van der Waals surface area contributed by atoms with E-state index >= 15 is 0 Å². The van der Waals surface area contributed by atoms with Gasteiger partial charge in [-0.1, -0.05) is 17.7 Å². The molecule has 0 unspecified atom stereocenters. The van der Waals surface area contributed by atoms with Gasteiger partial charge in [-0.3, -0.25) is 4.79 Å². The number of nitrogens with zero attached hydrogens (tertiary/aromatic N) is 1. The van der Waals surface area contributed by atoms with E-state index in [1.54, 1.807) is 31.4 Å². The van der Waals surface area contributed by atoms with Crippen LogP contribution in [0.3, 0.4) is 0 Å². The van der Waals surface area contributed by atoms with Gasteiger partial charge in [-0.05, 0) is 38.8 Å². The van der Waals surface area contributed by atoms with Gasteiger partial charge in [-0.15, -0.1) is 0 Å². The van der Waals surface area contributed by atoms with Crippen LogP contribution in [0.2, 0.25) is 0 Å². The predicted molar refractivity (Wildman–Crippen MR) is 92.1 cm³/mol. The summed E-state index contributed by atoms with van der Waals surface area (Å²) in [6, 6.07) is 6.72. The number of nitrogens with one attached hydrogen (secondary N) is 1. The summed E-state index contributed by atoms with van der Waals surface area (Å²) in [4.78, 5) is 12.6. The van der Waals surface area contributed by atoms with Crippen molar-refractivity contribution in [3.63, 3.8) is 0 Å². The van der Waals surface area contributed by atoms with Crippen LogP contribution in [0.25, 0.3) is 0 Å². The molecule has 0 aromatic heterocycles. The maximum Gasteiger partial charge on any atom is 0.243 e. The van der Waals surface area contributed by atoms with Crippen LogP contribution >= 0.6 is 0 Å². The molecule has 1 aromatic rings. The maximum absolute atomic E-state index is 12.8. The Labute approximate surface area is 144 Å². The highest BCUT2D eigenvalue weighted by molar-refractivity contribution is 7.89. The van der Waals surface area contributed by atoms with Crippen molar-refractivity contribution in [3.8, 4) is 0 Å². The fourth-order valence-corrected chi connectivity index (χ4v) is 4.41. The molecule has 6 nitrogen and oxygen atoms in total. The summed E-state index contributed by atoms with van der Waals surface area (Å²) < 4.78 is 32.0. The smallest absolute Gasteiger partial charge is 0.243 e. The number of hydrogen-bond donors (Lipinski definition) is 1. The monoisotopic (exact) mass is 354 g/mol. The third kappa shape index (κ3) is 4.55. The third-order valence-corrected chi connectivity index (χ3v) is 6.10. The summed E-state index contributed by atoms with van der Waals surface area (Å²) >= 11 is 0. The van der Waals surface area contributed by atoms with Crippen molar-refractivity contribution in [1.82, 2.24) is 9.62 Å². The van der Waals surface area contributed by atoms with Crippen LogP contribution in [-0.4, -0.2) is 51.5 Å². The van der Waals surface area contributed by atoms with Crippen molar-refractivity contribution in [1.29, 1.82) is 0 Å². The summed E-state index contributed by atoms with van der Waals surface area (Å²) in [5.74, 6) is -0.429. The molecule has 1 aliphatic heterocycles. The Morgan fingerprint density at radius 2 is 2.04 bits per heavy atom. The van der Waals surface area contributed by atoms with Crippen molar-refractivity contribution in [3.05, 3.63) is 29.8 Å². The van der Waals surface area contributed by atoms with Crippen molar-refractivity contribution in [2.45, 2.75) is 37.6 Å². The molecule has 0 aliphatic carbocycles. The van der Waals surface area contributed by atoms with Crippen molar-refractivity contribution in [2.24, 2.45) is 5.92 Å². The van der Waals surface area contributed by atoms with E-state index in [0.29, 0.717) is 26.0 Å². The number of piperidine rings is 1. The summed E-state index contributed by atoms with van der Waals surface area (Å²) in [7, 11) is -1.97. The molecule has 1 fully saturated rings. The summed E-state index contributed by atoms with van der Waals surface area (Å²) in [6.45, 7) is 4.89. The standard InChI is InChI=1S/C17H26N2O4S/c1-13-6-8-16(9-7-13)24(21,22)19-10-4-5-15(11-19)17(20)18-14(2)12-23-3/h6-9,14-15H,4-5,10-12H2,1-3H3,(H,18,20)/t14-,15-/m1/s1. The highest BCUT2D eigenvalue weighted by Gasteiger charge is 2.33. The number of amides is 1. The molecule has 7 heteroatoms. The molecule has 1 aromatic carbocycles. The van der Waals surface area contributed by atoms with Crippen LogP contribution in [0.5, 0.6) is 0 Å². The molecule has 0 radical (unpaired) electrons. The van der Waals surface area contributed by atoms with Crippen LogP contribution < -0.4 is 5.32 Å². The Kier molecular flexibility index (Phi) is 6.37. The minimum atomic E-state index is -3.56. The summed E-state index contributed by atoms with van der Waals surface area (Å²) in [5.41, 5.74) is 1.01. The molecular weight excluding hydrogens is 328 g/mol. The van der Waals surface area contributed by atoms with Gasteiger partial charge in [0.15, 0.2) is 0 Å². The average molecular weight is 354 g/mol. The lowest BCUT2D eigenvalue weighted by molar-refractivity contribution is -0.127. The second-order valence-electron chi connectivity index (χ2n) is 6.38. The molecule has 24 heavy (non-hydrogen) atoms. The minimum Gasteiger partial charge on any atom is -0.383 e. The lowest BCUT2D eigenvalue weighted by Crippen LogP contribution is -2.47. The van der Waals surface area contributed by atoms with Crippen LogP contribution in [-0.2, 0) is 19.6 Å². The first-order valence-electron chi connectivity index (χ1n) is 8.20. The molecule has 134 valence electrons. The minimum absolute atomic E-state index is 0.0911. The lowest BCUT2D eigenvalue weighted by Gasteiger charge is -2.31. The average Bonchev–Trinajstić information content (AvgIpc) is 2.55. The second-order valence-corrected chi connectivity index (χ2v) is 8.32. The van der Waals surface area contributed by atoms with E-state index in [9.17, 15) is 13.2 Å². The normalized spacial score (nSPS) is 20.5. The molecule has 0 spiro atoms. The van der Waals surface area contributed by atoms with E-state index in [4.69, 9.17) is 4.74 Å². The summed E-state index contributed by atoms with van der Waals surface area (Å²) in [6.07, 6.45) is 1.38. The molecule has 2 rings (SSSR count). The number of sulfonamides is 1. The number of carbonyl (C=O) groups excluding carboxylic acids is 1. The molecule has 0 saturated carbocycles. The van der Waals surface area contributed by atoms with Gasteiger partial charge in [0, 0.05) is 26.2 Å². The number of ether oxygens (including phenoxy) is 1.